The Morgan fingerprint density at radius 2 is 1.35 bits per heavy atom. The van der Waals surface area contributed by atoms with Gasteiger partial charge in [0.2, 0.25) is 11.9 Å². The number of hydrogen-bond acceptors (Lipinski definition) is 6. The Labute approximate surface area is 127 Å². The summed E-state index contributed by atoms with van der Waals surface area (Å²) in [6, 6.07) is -1.10. The highest BCUT2D eigenvalue weighted by Gasteiger charge is 2.59. The molecule has 0 atom stereocenters. The van der Waals surface area contributed by atoms with Gasteiger partial charge in [0.05, 0.1) is 0 Å². The van der Waals surface area contributed by atoms with Crippen molar-refractivity contribution in [1.82, 2.24) is 15.0 Å². The second-order valence-electron chi connectivity index (χ2n) is 5.47. The monoisotopic (exact) mass is 347 g/mol. The Bertz CT molecular complexity index is 525. The summed E-state index contributed by atoms with van der Waals surface area (Å²) >= 11 is 0. The third kappa shape index (κ3) is 5.94. The summed E-state index contributed by atoms with van der Waals surface area (Å²) in [5.74, 6) is -0.472. The van der Waals surface area contributed by atoms with E-state index in [1.807, 2.05) is 0 Å². The molecule has 0 aliphatic heterocycles. The first kappa shape index (κ1) is 19.0. The van der Waals surface area contributed by atoms with Crippen molar-refractivity contribution in [3.8, 4) is 6.01 Å². The second-order valence-corrected chi connectivity index (χ2v) is 5.47. The summed E-state index contributed by atoms with van der Waals surface area (Å²) in [4.78, 5) is 10.6. The third-order valence-electron chi connectivity index (χ3n) is 2.14. The van der Waals surface area contributed by atoms with Crippen LogP contribution in [0.15, 0.2) is 0 Å². The van der Waals surface area contributed by atoms with Gasteiger partial charge < -0.3 is 15.4 Å². The Balaban J connectivity index is 3.18. The van der Waals surface area contributed by atoms with Crippen LogP contribution in [0.1, 0.15) is 20.8 Å². The van der Waals surface area contributed by atoms with Crippen LogP contribution in [0, 0.1) is 0 Å². The average molecular weight is 347 g/mol. The minimum absolute atomic E-state index is 0.227. The summed E-state index contributed by atoms with van der Waals surface area (Å²) in [6.45, 7) is 5.10. The average Bonchev–Trinajstić information content (AvgIpc) is 2.30. The summed E-state index contributed by atoms with van der Waals surface area (Å²) in [5.41, 5.74) is -0.586. The van der Waals surface area contributed by atoms with Crippen molar-refractivity contribution in [1.29, 1.82) is 0 Å². The molecule has 1 rings (SSSR count). The maximum Gasteiger partial charge on any atom is 0.434 e. The molecule has 0 aromatic carbocycles. The first-order valence-electron chi connectivity index (χ1n) is 6.24. The van der Waals surface area contributed by atoms with E-state index >= 15 is 0 Å². The van der Waals surface area contributed by atoms with E-state index in [4.69, 9.17) is 0 Å². The number of rotatable bonds is 4. The lowest BCUT2D eigenvalue weighted by atomic mass is 10.1. The van der Waals surface area contributed by atoms with Crippen LogP contribution < -0.4 is 15.4 Å². The lowest BCUT2D eigenvalue weighted by molar-refractivity contribution is -0.301. The van der Waals surface area contributed by atoms with Crippen LogP contribution in [-0.2, 0) is 0 Å². The van der Waals surface area contributed by atoms with Crippen LogP contribution in [-0.4, -0.2) is 46.0 Å². The Morgan fingerprint density at radius 3 is 1.74 bits per heavy atom. The van der Waals surface area contributed by atoms with E-state index in [0.717, 1.165) is 0 Å². The van der Waals surface area contributed by atoms with E-state index in [-0.39, 0.29) is 11.9 Å². The Hall–Kier alpha value is -2.01. The Morgan fingerprint density at radius 1 is 0.870 bits per heavy atom. The van der Waals surface area contributed by atoms with Gasteiger partial charge in [-0.05, 0) is 20.8 Å². The van der Waals surface area contributed by atoms with Crippen molar-refractivity contribution in [2.24, 2.45) is 0 Å². The number of nitrogens with zero attached hydrogens (tertiary/aromatic N) is 3. The van der Waals surface area contributed by atoms with Crippen molar-refractivity contribution in [2.75, 3.05) is 17.7 Å². The summed E-state index contributed by atoms with van der Waals surface area (Å²) in [7, 11) is 1.34. The van der Waals surface area contributed by atoms with Crippen LogP contribution in [0.2, 0.25) is 0 Å². The highest BCUT2D eigenvalue weighted by Crippen LogP contribution is 2.36. The quantitative estimate of drug-likeness (QED) is 0.816. The van der Waals surface area contributed by atoms with Crippen LogP contribution in [0.3, 0.4) is 0 Å². The molecule has 6 nitrogen and oxygen atoms in total. The lowest BCUT2D eigenvalue weighted by Gasteiger charge is -2.24. The fourth-order valence-corrected chi connectivity index (χ4v) is 1.34. The van der Waals surface area contributed by atoms with E-state index in [2.05, 4.69) is 30.3 Å². The highest BCUT2D eigenvalue weighted by molar-refractivity contribution is 5.37. The van der Waals surface area contributed by atoms with Crippen LogP contribution in [0.4, 0.5) is 38.2 Å². The molecule has 23 heavy (non-hydrogen) atoms. The molecule has 0 aliphatic carbocycles. The van der Waals surface area contributed by atoms with Gasteiger partial charge in [0.25, 0.3) is 6.10 Å². The molecule has 0 bridgehead atoms. The molecule has 0 saturated carbocycles. The fourth-order valence-electron chi connectivity index (χ4n) is 1.34. The molecular formula is C11H15F6N5O. The smallest absolute Gasteiger partial charge is 0.434 e. The van der Waals surface area contributed by atoms with Gasteiger partial charge >= 0.3 is 18.4 Å². The van der Waals surface area contributed by atoms with Gasteiger partial charge in [-0.2, -0.15) is 41.3 Å². The zero-order chi connectivity index (χ0) is 18.1. The highest BCUT2D eigenvalue weighted by atomic mass is 19.4. The molecule has 0 saturated heterocycles. The van der Waals surface area contributed by atoms with Gasteiger partial charge in [-0.1, -0.05) is 0 Å². The largest absolute Gasteiger partial charge is 0.440 e. The number of nitrogens with one attached hydrogen (secondary N) is 2. The summed E-state index contributed by atoms with van der Waals surface area (Å²) in [5, 5.41) is 5.10. The molecule has 0 spiro atoms. The SMILES string of the molecule is CNc1nc(NC(C)(C)C)nc(OC(C(F)(F)F)C(F)(F)F)n1. The van der Waals surface area contributed by atoms with Crippen LogP contribution >= 0.6 is 0 Å². The van der Waals surface area contributed by atoms with Crippen LogP contribution in [0.25, 0.3) is 0 Å². The van der Waals surface area contributed by atoms with Gasteiger partial charge in [0, 0.05) is 12.6 Å². The number of anilines is 2. The predicted molar refractivity (Wildman–Crippen MR) is 69.3 cm³/mol. The maximum atomic E-state index is 12.5. The molecule has 132 valence electrons. The normalized spacial score (nSPS) is 13.2. The molecular weight excluding hydrogens is 332 g/mol. The number of alkyl halides is 6. The predicted octanol–water partition coefficient (Wildman–Crippen LogP) is 3.00. The minimum Gasteiger partial charge on any atom is -0.440 e. The van der Waals surface area contributed by atoms with E-state index in [1.54, 1.807) is 20.8 Å². The lowest BCUT2D eigenvalue weighted by Crippen LogP contribution is -2.47. The van der Waals surface area contributed by atoms with Gasteiger partial charge in [0.1, 0.15) is 0 Å². The molecule has 1 aromatic rings. The molecule has 12 heteroatoms. The number of aromatic nitrogens is 3. The Kier molecular flexibility index (Phi) is 5.16. The van der Waals surface area contributed by atoms with Crippen molar-refractivity contribution in [3.05, 3.63) is 0 Å². The number of halogens is 6. The number of hydrogen-bond donors (Lipinski definition) is 2. The molecule has 0 unspecified atom stereocenters. The van der Waals surface area contributed by atoms with Gasteiger partial charge in [-0.15, -0.1) is 0 Å². The maximum absolute atomic E-state index is 12.5. The van der Waals surface area contributed by atoms with E-state index in [9.17, 15) is 26.3 Å². The fraction of sp³-hybridized carbons (Fsp3) is 0.727. The molecule has 1 heterocycles. The van der Waals surface area contributed by atoms with E-state index in [0.29, 0.717) is 0 Å². The van der Waals surface area contributed by atoms with Crippen LogP contribution in [0.5, 0.6) is 6.01 Å². The molecule has 0 fully saturated rings. The summed E-state index contributed by atoms with van der Waals surface area (Å²) in [6.07, 6.45) is -15.4. The summed E-state index contributed by atoms with van der Waals surface area (Å²) < 4.78 is 79.0. The van der Waals surface area contributed by atoms with Crippen molar-refractivity contribution in [3.63, 3.8) is 0 Å². The van der Waals surface area contributed by atoms with E-state index in [1.165, 1.54) is 7.05 Å². The topological polar surface area (TPSA) is 72.0 Å². The zero-order valence-electron chi connectivity index (χ0n) is 12.6. The first-order valence-corrected chi connectivity index (χ1v) is 6.24. The van der Waals surface area contributed by atoms with Crippen molar-refractivity contribution < 1.29 is 31.1 Å². The van der Waals surface area contributed by atoms with Gasteiger partial charge in [0.15, 0.2) is 0 Å². The zero-order valence-corrected chi connectivity index (χ0v) is 12.6. The molecule has 0 aliphatic rings. The number of ether oxygens (including phenoxy) is 1. The molecule has 0 radical (unpaired) electrons. The van der Waals surface area contributed by atoms with Crippen molar-refractivity contribution >= 4 is 11.9 Å². The minimum atomic E-state index is -5.66. The molecule has 2 N–H and O–H groups in total. The molecule has 0 amide bonds. The standard InChI is InChI=1S/C11H15F6N5O/c1-9(2,3)22-7-19-6(18-4)20-8(21-7)23-5(10(12,13)14)11(15,16)17/h5H,1-4H3,(H2,18,19,20,21,22). The van der Waals surface area contributed by atoms with E-state index < -0.39 is 30.0 Å². The first-order chi connectivity index (χ1) is 10.2. The van der Waals surface area contributed by atoms with Gasteiger partial charge in [-0.3, -0.25) is 0 Å². The second kappa shape index (κ2) is 6.24. The van der Waals surface area contributed by atoms with Crippen molar-refractivity contribution in [2.45, 2.75) is 44.8 Å². The van der Waals surface area contributed by atoms with Gasteiger partial charge in [-0.25, -0.2) is 0 Å². The molecule has 1 aromatic heterocycles. The third-order valence-corrected chi connectivity index (χ3v) is 2.14.